The Kier molecular flexibility index (Phi) is 4.64. The van der Waals surface area contributed by atoms with Crippen molar-refractivity contribution in [3.63, 3.8) is 0 Å². The molecule has 1 aromatic rings. The third-order valence-corrected chi connectivity index (χ3v) is 4.81. The van der Waals surface area contributed by atoms with Crippen LogP contribution in [0.25, 0.3) is 0 Å². The number of halogens is 1. The normalized spacial score (nSPS) is 19.4. The second-order valence-corrected chi connectivity index (χ2v) is 6.83. The first-order valence-electron chi connectivity index (χ1n) is 5.51. The number of hydrazine groups is 1. The van der Waals surface area contributed by atoms with Crippen molar-refractivity contribution in [2.24, 2.45) is 5.73 Å². The molecule has 1 aromatic carbocycles. The van der Waals surface area contributed by atoms with E-state index in [0.29, 0.717) is 25.2 Å². The van der Waals surface area contributed by atoms with Crippen LogP contribution >= 0.6 is 11.6 Å². The van der Waals surface area contributed by atoms with Crippen LogP contribution in [0, 0.1) is 0 Å². The molecule has 0 spiro atoms. The molecular formula is C9H13ClN4O4S2. The number of nitrogens with two attached hydrogens (primary N) is 1. The molecule has 5 N–H and O–H groups in total. The van der Waals surface area contributed by atoms with Crippen LogP contribution in [0.2, 0.25) is 5.02 Å². The van der Waals surface area contributed by atoms with Gasteiger partial charge in [-0.1, -0.05) is 11.6 Å². The Morgan fingerprint density at radius 2 is 2.25 bits per heavy atom. The van der Waals surface area contributed by atoms with Gasteiger partial charge < -0.3 is 5.73 Å². The van der Waals surface area contributed by atoms with Gasteiger partial charge in [-0.3, -0.25) is 9.27 Å². The summed E-state index contributed by atoms with van der Waals surface area (Å²) in [6, 6.07) is 2.68. The van der Waals surface area contributed by atoms with Gasteiger partial charge in [0.15, 0.2) is 0 Å². The van der Waals surface area contributed by atoms with E-state index in [1.807, 2.05) is 0 Å². The summed E-state index contributed by atoms with van der Waals surface area (Å²) in [5.41, 5.74) is 5.97. The zero-order chi connectivity index (χ0) is 14.9. The van der Waals surface area contributed by atoms with Gasteiger partial charge in [0.2, 0.25) is 0 Å². The highest BCUT2D eigenvalue weighted by Crippen LogP contribution is 2.31. The molecule has 0 amide bonds. The lowest BCUT2D eigenvalue weighted by atomic mass is 10.2. The number of nitrogens with one attached hydrogen (secondary N) is 2. The Bertz CT molecular complexity index is 652. The highest BCUT2D eigenvalue weighted by atomic mass is 35.5. The van der Waals surface area contributed by atoms with Gasteiger partial charge in [0.05, 0.1) is 15.6 Å². The van der Waals surface area contributed by atoms with Gasteiger partial charge in [-0.05, 0) is 17.7 Å². The van der Waals surface area contributed by atoms with Crippen molar-refractivity contribution in [2.45, 2.75) is 11.4 Å². The number of nitrogens with zero attached hydrogens (tertiary/aromatic N) is 1. The molecule has 0 aliphatic carbocycles. The molecule has 2 rings (SSSR count). The molecule has 0 bridgehead atoms. The largest absolute Gasteiger partial charge is 0.329 e. The van der Waals surface area contributed by atoms with E-state index >= 15 is 0 Å². The van der Waals surface area contributed by atoms with Crippen molar-refractivity contribution in [3.05, 3.63) is 22.7 Å². The summed E-state index contributed by atoms with van der Waals surface area (Å²) in [6.07, 6.45) is 0. The van der Waals surface area contributed by atoms with E-state index in [9.17, 15) is 12.6 Å². The summed E-state index contributed by atoms with van der Waals surface area (Å²) < 4.78 is 45.9. The number of sulfonamides is 1. The Morgan fingerprint density at radius 3 is 2.85 bits per heavy atom. The molecule has 1 heterocycles. The predicted octanol–water partition coefficient (Wildman–Crippen LogP) is -0.144. The molecule has 0 aromatic heterocycles. The Morgan fingerprint density at radius 1 is 1.55 bits per heavy atom. The van der Waals surface area contributed by atoms with E-state index < -0.39 is 21.3 Å². The summed E-state index contributed by atoms with van der Waals surface area (Å²) >= 11 is 3.62. The number of hydrogen-bond donors (Lipinski definition) is 4. The maximum atomic E-state index is 12.1. The highest BCUT2D eigenvalue weighted by Gasteiger charge is 2.29. The van der Waals surface area contributed by atoms with E-state index in [4.69, 9.17) is 21.9 Å². The fourth-order valence-corrected chi connectivity index (χ4v) is 3.86. The minimum absolute atomic E-state index is 0.0168. The fraction of sp³-hybridized carbons (Fsp3) is 0.333. The first-order valence-corrected chi connectivity index (χ1v) is 8.47. The van der Waals surface area contributed by atoms with Crippen molar-refractivity contribution in [2.75, 3.05) is 17.8 Å². The molecule has 1 unspecified atom stereocenters. The Labute approximate surface area is 123 Å². The molecule has 112 valence electrons. The van der Waals surface area contributed by atoms with Crippen LogP contribution in [-0.4, -0.2) is 35.3 Å². The second kappa shape index (κ2) is 5.93. The van der Waals surface area contributed by atoms with Crippen molar-refractivity contribution in [3.8, 4) is 0 Å². The van der Waals surface area contributed by atoms with Gasteiger partial charge in [0.25, 0.3) is 21.3 Å². The third-order valence-electron chi connectivity index (χ3n) is 2.65. The number of benzene rings is 1. The SMILES string of the molecule is NCCN1Cc2cc(Cl)c(NS(=O)O)cc2S(=O)(=O)N1. The first-order chi connectivity index (χ1) is 9.33. The van der Waals surface area contributed by atoms with Gasteiger partial charge in [-0.15, -0.1) is 4.83 Å². The quantitative estimate of drug-likeness (QED) is 0.565. The Hall–Kier alpha value is -0.750. The van der Waals surface area contributed by atoms with Crippen LogP contribution in [0.5, 0.6) is 0 Å². The van der Waals surface area contributed by atoms with E-state index in [1.165, 1.54) is 17.1 Å². The second-order valence-electron chi connectivity index (χ2n) is 4.10. The Balaban J connectivity index is 2.46. The van der Waals surface area contributed by atoms with Gasteiger partial charge in [-0.2, -0.15) is 0 Å². The average Bonchev–Trinajstić information content (AvgIpc) is 2.30. The molecule has 11 heteroatoms. The summed E-state index contributed by atoms with van der Waals surface area (Å²) in [7, 11) is -3.75. The molecule has 0 saturated carbocycles. The number of anilines is 1. The summed E-state index contributed by atoms with van der Waals surface area (Å²) in [5.74, 6) is 0. The smallest absolute Gasteiger partial charge is 0.259 e. The molecule has 8 nitrogen and oxygen atoms in total. The van der Waals surface area contributed by atoms with Crippen LogP contribution in [-0.2, 0) is 27.8 Å². The number of hydrogen-bond acceptors (Lipinski definition) is 5. The van der Waals surface area contributed by atoms with Gasteiger partial charge >= 0.3 is 0 Å². The number of fused-ring (bicyclic) bond motifs is 1. The predicted molar refractivity (Wildman–Crippen MR) is 75.6 cm³/mol. The maximum absolute atomic E-state index is 12.1. The lowest BCUT2D eigenvalue weighted by Crippen LogP contribution is -2.47. The van der Waals surface area contributed by atoms with Crippen molar-refractivity contribution >= 4 is 38.6 Å². The molecule has 1 aliphatic rings. The van der Waals surface area contributed by atoms with Crippen molar-refractivity contribution < 1.29 is 17.2 Å². The maximum Gasteiger partial charge on any atom is 0.259 e. The third kappa shape index (κ3) is 3.28. The minimum atomic E-state index is -3.75. The molecule has 0 fully saturated rings. The van der Waals surface area contributed by atoms with Crippen LogP contribution in [0.3, 0.4) is 0 Å². The minimum Gasteiger partial charge on any atom is -0.329 e. The zero-order valence-corrected chi connectivity index (χ0v) is 12.6. The summed E-state index contributed by atoms with van der Waals surface area (Å²) in [5, 5.41) is 1.63. The average molecular weight is 341 g/mol. The topological polar surface area (TPSA) is 125 Å². The molecule has 0 saturated heterocycles. The van der Waals surface area contributed by atoms with Gasteiger partial charge in [0.1, 0.15) is 0 Å². The van der Waals surface area contributed by atoms with Crippen LogP contribution in [0.15, 0.2) is 17.0 Å². The molecule has 1 aliphatic heterocycles. The lowest BCUT2D eigenvalue weighted by Gasteiger charge is -2.29. The first kappa shape index (κ1) is 15.6. The summed E-state index contributed by atoms with van der Waals surface area (Å²) in [4.78, 5) is 2.38. The van der Waals surface area contributed by atoms with Crippen LogP contribution < -0.4 is 15.3 Å². The monoisotopic (exact) mass is 340 g/mol. The van der Waals surface area contributed by atoms with E-state index in [1.54, 1.807) is 0 Å². The number of rotatable bonds is 4. The lowest BCUT2D eigenvalue weighted by molar-refractivity contribution is 0.228. The molecular weight excluding hydrogens is 328 g/mol. The van der Waals surface area contributed by atoms with Gasteiger partial charge in [-0.25, -0.2) is 17.6 Å². The molecule has 1 atom stereocenters. The van der Waals surface area contributed by atoms with Gasteiger partial charge in [0, 0.05) is 19.6 Å². The van der Waals surface area contributed by atoms with E-state index in [0.717, 1.165) is 0 Å². The standard InChI is InChI=1S/C9H13ClN4O4S2/c10-7-3-6-5-14(2-1-11)13-20(17,18)9(6)4-8(7)12-19(15)16/h3-4,12-13H,1-2,5,11H2,(H,15,16). The van der Waals surface area contributed by atoms with Crippen molar-refractivity contribution in [1.82, 2.24) is 9.84 Å². The van der Waals surface area contributed by atoms with Crippen LogP contribution in [0.4, 0.5) is 5.69 Å². The molecule has 20 heavy (non-hydrogen) atoms. The van der Waals surface area contributed by atoms with Crippen molar-refractivity contribution in [1.29, 1.82) is 0 Å². The zero-order valence-electron chi connectivity index (χ0n) is 10.2. The van der Waals surface area contributed by atoms with E-state index in [-0.39, 0.29) is 15.6 Å². The fourth-order valence-electron chi connectivity index (χ4n) is 1.88. The molecule has 0 radical (unpaired) electrons. The summed E-state index contributed by atoms with van der Waals surface area (Å²) in [6.45, 7) is 0.972. The van der Waals surface area contributed by atoms with E-state index in [2.05, 4.69) is 9.55 Å². The highest BCUT2D eigenvalue weighted by molar-refractivity contribution is 7.89. The van der Waals surface area contributed by atoms with Crippen LogP contribution in [0.1, 0.15) is 5.56 Å².